The summed E-state index contributed by atoms with van der Waals surface area (Å²) in [5, 5.41) is 15.8. The Hall–Kier alpha value is -2.26. The molecule has 0 bridgehead atoms. The molecule has 6 rings (SSSR count). The van der Waals surface area contributed by atoms with Crippen molar-refractivity contribution in [2.24, 2.45) is 11.3 Å². The third-order valence-electron chi connectivity index (χ3n) is 9.29. The van der Waals surface area contributed by atoms with Crippen molar-refractivity contribution in [2.45, 2.75) is 57.7 Å². The Morgan fingerprint density at radius 3 is 2.69 bits per heavy atom. The van der Waals surface area contributed by atoms with Crippen molar-refractivity contribution in [1.82, 2.24) is 9.88 Å². The van der Waals surface area contributed by atoms with Crippen molar-refractivity contribution in [1.29, 1.82) is 0 Å². The van der Waals surface area contributed by atoms with Crippen molar-refractivity contribution < 1.29 is 19.4 Å². The second-order valence-corrected chi connectivity index (χ2v) is 11.7. The molecule has 194 valence electrons. The molecule has 8 heteroatoms. The number of benzene rings is 1. The van der Waals surface area contributed by atoms with Gasteiger partial charge in [-0.25, -0.2) is 4.98 Å². The molecule has 2 aromatic rings. The summed E-state index contributed by atoms with van der Waals surface area (Å²) in [6.07, 6.45) is 4.34. The van der Waals surface area contributed by atoms with Gasteiger partial charge in [-0.3, -0.25) is 9.69 Å². The summed E-state index contributed by atoms with van der Waals surface area (Å²) < 4.78 is 11.1. The zero-order valence-electron chi connectivity index (χ0n) is 21.6. The summed E-state index contributed by atoms with van der Waals surface area (Å²) in [5.41, 5.74) is 2.26. The van der Waals surface area contributed by atoms with Gasteiger partial charge in [-0.15, -0.1) is 0 Å². The Morgan fingerprint density at radius 2 is 1.97 bits per heavy atom. The Kier molecular flexibility index (Phi) is 5.98. The van der Waals surface area contributed by atoms with Crippen molar-refractivity contribution in [3.63, 3.8) is 0 Å². The quantitative estimate of drug-likeness (QED) is 0.676. The number of aliphatic hydroxyl groups is 1. The molecule has 1 amide bonds. The number of rotatable bonds is 4. The summed E-state index contributed by atoms with van der Waals surface area (Å²) in [5.74, 6) is 0.793. The minimum absolute atomic E-state index is 0.0795. The SMILES string of the molecule is Cc1cc2cnc(NC(=O)[C@H]3CC34CCOCC4)cc2cc1N1CCN([C@@]2(C)COC[C@H]2O)[C@@H](C)C1. The van der Waals surface area contributed by atoms with E-state index in [4.69, 9.17) is 9.47 Å². The molecular formula is C28H38N4O4. The first-order chi connectivity index (χ1) is 17.3. The number of fused-ring (bicyclic) bond motifs is 1. The second kappa shape index (κ2) is 8.94. The monoisotopic (exact) mass is 494 g/mol. The fraction of sp³-hybridized carbons (Fsp3) is 0.643. The van der Waals surface area contributed by atoms with Crippen LogP contribution in [0.5, 0.6) is 0 Å². The number of hydrogen-bond donors (Lipinski definition) is 2. The lowest BCUT2D eigenvalue weighted by molar-refractivity contribution is -0.118. The van der Waals surface area contributed by atoms with Gasteiger partial charge in [-0.05, 0) is 74.6 Å². The predicted molar refractivity (Wildman–Crippen MR) is 139 cm³/mol. The van der Waals surface area contributed by atoms with Gasteiger partial charge in [-0.1, -0.05) is 0 Å². The highest BCUT2D eigenvalue weighted by Crippen LogP contribution is 2.59. The Morgan fingerprint density at radius 1 is 1.17 bits per heavy atom. The molecule has 4 heterocycles. The summed E-state index contributed by atoms with van der Waals surface area (Å²) in [4.78, 5) is 22.3. The number of carbonyl (C=O) groups is 1. The number of pyridine rings is 1. The number of aryl methyl sites for hydroxylation is 1. The third kappa shape index (κ3) is 4.08. The van der Waals surface area contributed by atoms with E-state index in [0.717, 1.165) is 62.9 Å². The molecule has 0 unspecified atom stereocenters. The molecule has 1 saturated carbocycles. The minimum Gasteiger partial charge on any atom is -0.389 e. The van der Waals surface area contributed by atoms with Crippen molar-refractivity contribution >= 4 is 28.2 Å². The van der Waals surface area contributed by atoms with E-state index in [9.17, 15) is 9.90 Å². The van der Waals surface area contributed by atoms with Crippen LogP contribution >= 0.6 is 0 Å². The van der Waals surface area contributed by atoms with Gasteiger partial charge in [-0.2, -0.15) is 0 Å². The van der Waals surface area contributed by atoms with Crippen LogP contribution in [0.3, 0.4) is 0 Å². The average Bonchev–Trinajstić information content (AvgIpc) is 3.44. The first-order valence-electron chi connectivity index (χ1n) is 13.4. The average molecular weight is 495 g/mol. The summed E-state index contributed by atoms with van der Waals surface area (Å²) in [7, 11) is 0. The van der Waals surface area contributed by atoms with Crippen LogP contribution in [-0.4, -0.2) is 84.6 Å². The van der Waals surface area contributed by atoms with Crippen LogP contribution in [0.15, 0.2) is 24.4 Å². The number of anilines is 2. The highest BCUT2D eigenvalue weighted by molar-refractivity contribution is 5.97. The highest BCUT2D eigenvalue weighted by Gasteiger charge is 2.58. The fourth-order valence-corrected chi connectivity index (χ4v) is 6.83. The van der Waals surface area contributed by atoms with Gasteiger partial charge in [0.1, 0.15) is 5.82 Å². The molecule has 1 aromatic heterocycles. The molecule has 3 saturated heterocycles. The van der Waals surface area contributed by atoms with Gasteiger partial charge < -0.3 is 24.8 Å². The molecule has 4 aliphatic rings. The van der Waals surface area contributed by atoms with Crippen LogP contribution in [0.2, 0.25) is 0 Å². The first-order valence-corrected chi connectivity index (χ1v) is 13.4. The van der Waals surface area contributed by atoms with Gasteiger partial charge in [0.15, 0.2) is 0 Å². The maximum Gasteiger partial charge on any atom is 0.229 e. The van der Waals surface area contributed by atoms with Gasteiger partial charge >= 0.3 is 0 Å². The number of aromatic nitrogens is 1. The number of nitrogens with zero attached hydrogens (tertiary/aromatic N) is 3. The number of carbonyl (C=O) groups excluding carboxylic acids is 1. The van der Waals surface area contributed by atoms with Crippen molar-refractivity contribution in [3.05, 3.63) is 30.0 Å². The lowest BCUT2D eigenvalue weighted by atomic mass is 9.92. The van der Waals surface area contributed by atoms with Gasteiger partial charge in [0.05, 0.1) is 24.9 Å². The Balaban J connectivity index is 1.18. The smallest absolute Gasteiger partial charge is 0.229 e. The molecule has 1 spiro atoms. The number of nitrogens with one attached hydrogen (secondary N) is 1. The zero-order chi connectivity index (χ0) is 25.1. The number of ether oxygens (including phenoxy) is 2. The Bertz CT molecular complexity index is 1170. The zero-order valence-corrected chi connectivity index (χ0v) is 21.6. The van der Waals surface area contributed by atoms with Crippen LogP contribution in [0.4, 0.5) is 11.5 Å². The van der Waals surface area contributed by atoms with Gasteiger partial charge in [0.25, 0.3) is 0 Å². The molecular weight excluding hydrogens is 456 g/mol. The van der Waals surface area contributed by atoms with Crippen LogP contribution in [0.1, 0.15) is 38.7 Å². The Labute approximate surface area is 212 Å². The van der Waals surface area contributed by atoms with E-state index >= 15 is 0 Å². The van der Waals surface area contributed by atoms with E-state index in [1.54, 1.807) is 0 Å². The topological polar surface area (TPSA) is 87.2 Å². The number of hydrogen-bond acceptors (Lipinski definition) is 7. The van der Waals surface area contributed by atoms with Crippen LogP contribution in [0, 0.1) is 18.3 Å². The van der Waals surface area contributed by atoms with E-state index in [1.165, 1.54) is 11.3 Å². The van der Waals surface area contributed by atoms with Gasteiger partial charge in [0.2, 0.25) is 5.91 Å². The van der Waals surface area contributed by atoms with E-state index < -0.39 is 6.10 Å². The summed E-state index contributed by atoms with van der Waals surface area (Å²) >= 11 is 0. The van der Waals surface area contributed by atoms with E-state index in [0.29, 0.717) is 25.1 Å². The van der Waals surface area contributed by atoms with E-state index in [-0.39, 0.29) is 22.8 Å². The van der Waals surface area contributed by atoms with Gasteiger partial charge in [0, 0.05) is 62.1 Å². The van der Waals surface area contributed by atoms with E-state index in [2.05, 4.69) is 53.0 Å². The third-order valence-corrected chi connectivity index (χ3v) is 9.29. The molecule has 2 N–H and O–H groups in total. The van der Waals surface area contributed by atoms with E-state index in [1.807, 2.05) is 12.3 Å². The van der Waals surface area contributed by atoms with Crippen LogP contribution in [0.25, 0.3) is 10.8 Å². The van der Waals surface area contributed by atoms with Crippen LogP contribution in [-0.2, 0) is 14.3 Å². The molecule has 4 atom stereocenters. The molecule has 1 aromatic carbocycles. The lowest BCUT2D eigenvalue weighted by Crippen LogP contribution is -2.64. The normalized spacial score (nSPS) is 32.2. The molecule has 4 fully saturated rings. The largest absolute Gasteiger partial charge is 0.389 e. The fourth-order valence-electron chi connectivity index (χ4n) is 6.83. The maximum atomic E-state index is 12.9. The number of aliphatic hydroxyl groups excluding tert-OH is 1. The number of amides is 1. The molecule has 8 nitrogen and oxygen atoms in total. The summed E-state index contributed by atoms with van der Waals surface area (Å²) in [6, 6.07) is 6.71. The second-order valence-electron chi connectivity index (χ2n) is 11.7. The van der Waals surface area contributed by atoms with Crippen molar-refractivity contribution in [3.8, 4) is 0 Å². The highest BCUT2D eigenvalue weighted by atomic mass is 16.5. The molecule has 0 radical (unpaired) electrons. The van der Waals surface area contributed by atoms with Crippen molar-refractivity contribution in [2.75, 3.05) is 56.3 Å². The molecule has 36 heavy (non-hydrogen) atoms. The predicted octanol–water partition coefficient (Wildman–Crippen LogP) is 2.96. The first kappa shape index (κ1) is 24.1. The minimum atomic E-state index is -0.452. The lowest BCUT2D eigenvalue weighted by Gasteiger charge is -2.49. The molecule has 3 aliphatic heterocycles. The number of piperazine rings is 1. The van der Waals surface area contributed by atoms with Crippen LogP contribution < -0.4 is 10.2 Å². The standard InChI is InChI=1S/C28H38N4O4/c1-18-10-21-14-29-25(30-26(34)22-13-28(22)4-8-35-9-5-28)12-20(21)11-23(18)31-6-7-32(19(2)15-31)27(3)17-36-16-24(27)33/h10-12,14,19,22,24,33H,4-9,13,15-17H2,1-3H3,(H,29,30,34)/t19-,22+,24+,27-/m0/s1. The maximum absolute atomic E-state index is 12.9. The molecule has 1 aliphatic carbocycles. The summed E-state index contributed by atoms with van der Waals surface area (Å²) in [6.45, 7) is 11.7.